The van der Waals surface area contributed by atoms with Gasteiger partial charge in [0.15, 0.2) is 5.96 Å². The molecule has 0 heterocycles. The largest absolute Gasteiger partial charge is 0.496 e. The molecule has 21 heavy (non-hydrogen) atoms. The van der Waals surface area contributed by atoms with Gasteiger partial charge < -0.3 is 15.4 Å². The molecular weight excluding hydrogens is 377 g/mol. The van der Waals surface area contributed by atoms with E-state index < -0.39 is 0 Å². The zero-order valence-electron chi connectivity index (χ0n) is 13.7. The number of nitrogens with one attached hydrogen (secondary N) is 2. The summed E-state index contributed by atoms with van der Waals surface area (Å²) in [6.45, 7) is 10.0. The Morgan fingerprint density at radius 1 is 1.24 bits per heavy atom. The van der Waals surface area contributed by atoms with Crippen molar-refractivity contribution in [1.82, 2.24) is 10.6 Å². The van der Waals surface area contributed by atoms with Crippen LogP contribution in [0.25, 0.3) is 0 Å². The van der Waals surface area contributed by atoms with Crippen molar-refractivity contribution < 1.29 is 4.74 Å². The first-order valence-corrected chi connectivity index (χ1v) is 7.14. The Kier molecular flexibility index (Phi) is 9.41. The zero-order valence-corrected chi connectivity index (χ0v) is 16.0. The molecule has 0 atom stereocenters. The molecule has 1 aromatic rings. The minimum Gasteiger partial charge on any atom is -0.496 e. The van der Waals surface area contributed by atoms with Crippen LogP contribution < -0.4 is 15.4 Å². The predicted octanol–water partition coefficient (Wildman–Crippen LogP) is 3.21. The van der Waals surface area contributed by atoms with Crippen LogP contribution in [-0.2, 0) is 6.42 Å². The van der Waals surface area contributed by atoms with E-state index in [1.807, 2.05) is 18.2 Å². The summed E-state index contributed by atoms with van der Waals surface area (Å²) in [6.07, 6.45) is 0.866. The Hall–Kier alpha value is -0.980. The summed E-state index contributed by atoms with van der Waals surface area (Å²) >= 11 is 0. The van der Waals surface area contributed by atoms with Gasteiger partial charge >= 0.3 is 0 Å². The van der Waals surface area contributed by atoms with Crippen molar-refractivity contribution in [2.75, 3.05) is 20.2 Å². The molecule has 0 aliphatic rings. The minimum absolute atomic E-state index is 0. The first-order valence-electron chi connectivity index (χ1n) is 7.14. The van der Waals surface area contributed by atoms with Crippen LogP contribution in [0.3, 0.4) is 0 Å². The SMILES string of the molecule is CCNC(=NCCc1ccccc1OC)NC(C)(C)C.I. The maximum absolute atomic E-state index is 5.35. The molecule has 0 saturated carbocycles. The molecule has 1 aromatic carbocycles. The van der Waals surface area contributed by atoms with Gasteiger partial charge in [0.25, 0.3) is 0 Å². The van der Waals surface area contributed by atoms with Crippen molar-refractivity contribution >= 4 is 29.9 Å². The highest BCUT2D eigenvalue weighted by atomic mass is 127. The van der Waals surface area contributed by atoms with Crippen molar-refractivity contribution in [3.8, 4) is 5.75 Å². The van der Waals surface area contributed by atoms with Gasteiger partial charge in [-0.3, -0.25) is 4.99 Å². The number of benzene rings is 1. The topological polar surface area (TPSA) is 45.7 Å². The quantitative estimate of drug-likeness (QED) is 0.449. The van der Waals surface area contributed by atoms with E-state index in [4.69, 9.17) is 4.74 Å². The number of methoxy groups -OCH3 is 1. The molecule has 0 aromatic heterocycles. The zero-order chi connectivity index (χ0) is 15.0. The number of nitrogens with zero attached hydrogens (tertiary/aromatic N) is 1. The highest BCUT2D eigenvalue weighted by Gasteiger charge is 2.11. The Bertz CT molecular complexity index is 441. The second kappa shape index (κ2) is 9.87. The molecular formula is C16H28IN3O. The molecule has 0 amide bonds. The first-order chi connectivity index (χ1) is 9.46. The minimum atomic E-state index is 0. The number of para-hydroxylation sites is 1. The maximum Gasteiger partial charge on any atom is 0.191 e. The molecule has 0 fully saturated rings. The number of ether oxygens (including phenoxy) is 1. The number of aliphatic imine (C=N–C) groups is 1. The molecule has 2 N–H and O–H groups in total. The standard InChI is InChI=1S/C16H27N3O.HI/c1-6-17-15(19-16(2,3)4)18-12-11-13-9-7-8-10-14(13)20-5;/h7-10H,6,11-12H2,1-5H3,(H2,17,18,19);1H. The summed E-state index contributed by atoms with van der Waals surface area (Å²) in [5.74, 6) is 1.78. The van der Waals surface area contributed by atoms with Crippen LogP contribution in [0, 0.1) is 0 Å². The number of rotatable bonds is 5. The molecule has 0 aliphatic carbocycles. The summed E-state index contributed by atoms with van der Waals surface area (Å²) in [5, 5.41) is 6.64. The number of hydrogen-bond donors (Lipinski definition) is 2. The predicted molar refractivity (Wildman–Crippen MR) is 101 cm³/mol. The molecule has 120 valence electrons. The number of halogens is 1. The van der Waals surface area contributed by atoms with Crippen LogP contribution in [0.2, 0.25) is 0 Å². The highest BCUT2D eigenvalue weighted by Crippen LogP contribution is 2.17. The van der Waals surface area contributed by atoms with Crippen molar-refractivity contribution in [1.29, 1.82) is 0 Å². The van der Waals surface area contributed by atoms with E-state index in [1.54, 1.807) is 7.11 Å². The molecule has 1 rings (SSSR count). The van der Waals surface area contributed by atoms with E-state index in [-0.39, 0.29) is 29.5 Å². The third-order valence-corrected chi connectivity index (χ3v) is 2.68. The molecule has 4 nitrogen and oxygen atoms in total. The monoisotopic (exact) mass is 405 g/mol. The molecule has 0 spiro atoms. The average Bonchev–Trinajstić information content (AvgIpc) is 2.37. The van der Waals surface area contributed by atoms with Crippen LogP contribution in [0.5, 0.6) is 5.75 Å². The Labute approximate surface area is 145 Å². The normalized spacial score (nSPS) is 11.6. The van der Waals surface area contributed by atoms with Gasteiger partial charge in [-0.15, -0.1) is 24.0 Å². The fourth-order valence-corrected chi connectivity index (χ4v) is 1.86. The van der Waals surface area contributed by atoms with E-state index in [2.05, 4.69) is 49.4 Å². The molecule has 5 heteroatoms. The number of guanidine groups is 1. The fourth-order valence-electron chi connectivity index (χ4n) is 1.86. The highest BCUT2D eigenvalue weighted by molar-refractivity contribution is 14.0. The van der Waals surface area contributed by atoms with Gasteiger partial charge in [0.1, 0.15) is 5.75 Å². The number of hydrogen-bond acceptors (Lipinski definition) is 2. The lowest BCUT2D eigenvalue weighted by molar-refractivity contribution is 0.409. The van der Waals surface area contributed by atoms with E-state index in [0.29, 0.717) is 0 Å². The average molecular weight is 405 g/mol. The van der Waals surface area contributed by atoms with Gasteiger partial charge in [0, 0.05) is 18.6 Å². The Morgan fingerprint density at radius 2 is 1.90 bits per heavy atom. The van der Waals surface area contributed by atoms with Crippen LogP contribution in [0.4, 0.5) is 0 Å². The van der Waals surface area contributed by atoms with Gasteiger partial charge in [-0.1, -0.05) is 18.2 Å². The molecule has 0 bridgehead atoms. The Morgan fingerprint density at radius 3 is 2.48 bits per heavy atom. The maximum atomic E-state index is 5.35. The van der Waals surface area contributed by atoms with Gasteiger partial charge in [-0.25, -0.2) is 0 Å². The first kappa shape index (κ1) is 20.0. The van der Waals surface area contributed by atoms with Crippen LogP contribution in [0.1, 0.15) is 33.3 Å². The van der Waals surface area contributed by atoms with Crippen molar-refractivity contribution in [2.24, 2.45) is 4.99 Å². The van der Waals surface area contributed by atoms with Crippen LogP contribution in [-0.4, -0.2) is 31.7 Å². The lowest BCUT2D eigenvalue weighted by Gasteiger charge is -2.23. The van der Waals surface area contributed by atoms with Crippen molar-refractivity contribution in [2.45, 2.75) is 39.7 Å². The summed E-state index contributed by atoms with van der Waals surface area (Å²) in [4.78, 5) is 4.61. The molecule has 0 aliphatic heterocycles. The van der Waals surface area contributed by atoms with E-state index >= 15 is 0 Å². The van der Waals surface area contributed by atoms with Gasteiger partial charge in [-0.05, 0) is 45.7 Å². The fraction of sp³-hybridized carbons (Fsp3) is 0.562. The van der Waals surface area contributed by atoms with E-state index in [0.717, 1.165) is 31.2 Å². The van der Waals surface area contributed by atoms with Gasteiger partial charge in [0.05, 0.1) is 7.11 Å². The van der Waals surface area contributed by atoms with Crippen molar-refractivity contribution in [3.05, 3.63) is 29.8 Å². The summed E-state index contributed by atoms with van der Waals surface area (Å²) < 4.78 is 5.35. The lowest BCUT2D eigenvalue weighted by atomic mass is 10.1. The second-order valence-corrected chi connectivity index (χ2v) is 5.70. The summed E-state index contributed by atoms with van der Waals surface area (Å²) in [7, 11) is 1.70. The van der Waals surface area contributed by atoms with Crippen LogP contribution in [0.15, 0.2) is 29.3 Å². The summed E-state index contributed by atoms with van der Waals surface area (Å²) in [5.41, 5.74) is 1.19. The van der Waals surface area contributed by atoms with Gasteiger partial charge in [-0.2, -0.15) is 0 Å². The Balaban J connectivity index is 0.00000400. The molecule has 0 saturated heterocycles. The van der Waals surface area contributed by atoms with E-state index in [1.165, 1.54) is 5.56 Å². The molecule has 0 unspecified atom stereocenters. The smallest absolute Gasteiger partial charge is 0.191 e. The van der Waals surface area contributed by atoms with E-state index in [9.17, 15) is 0 Å². The third-order valence-electron chi connectivity index (χ3n) is 2.68. The lowest BCUT2D eigenvalue weighted by Crippen LogP contribution is -2.47. The summed E-state index contributed by atoms with van der Waals surface area (Å²) in [6, 6.07) is 8.08. The van der Waals surface area contributed by atoms with Gasteiger partial charge in [0.2, 0.25) is 0 Å². The third kappa shape index (κ3) is 8.14. The second-order valence-electron chi connectivity index (χ2n) is 5.70. The van der Waals surface area contributed by atoms with Crippen molar-refractivity contribution in [3.63, 3.8) is 0 Å². The van der Waals surface area contributed by atoms with Crippen LogP contribution >= 0.6 is 24.0 Å². The molecule has 0 radical (unpaired) electrons.